The van der Waals surface area contributed by atoms with Crippen molar-refractivity contribution in [3.63, 3.8) is 0 Å². The predicted octanol–water partition coefficient (Wildman–Crippen LogP) is 3.41. The van der Waals surface area contributed by atoms with E-state index >= 15 is 0 Å². The van der Waals surface area contributed by atoms with Crippen LogP contribution < -0.4 is 10.8 Å². The van der Waals surface area contributed by atoms with Crippen molar-refractivity contribution in [1.82, 2.24) is 0 Å². The molecule has 0 heterocycles. The molecule has 0 aromatic heterocycles. The maximum absolute atomic E-state index is 11.3. The number of hydrogen-bond donors (Lipinski definition) is 2. The van der Waals surface area contributed by atoms with E-state index in [-0.39, 0.29) is 5.69 Å². The molecule has 6 heteroatoms. The summed E-state index contributed by atoms with van der Waals surface area (Å²) < 4.78 is 0. The molecule has 0 aliphatic heterocycles. The van der Waals surface area contributed by atoms with Gasteiger partial charge in [-0.1, -0.05) is 49.4 Å². The molecular weight excluding hydrogens is 284 g/mol. The van der Waals surface area contributed by atoms with E-state index in [4.69, 9.17) is 5.73 Å². The molecule has 2 amide bonds. The van der Waals surface area contributed by atoms with Crippen molar-refractivity contribution >= 4 is 17.9 Å². The third-order valence-corrected chi connectivity index (χ3v) is 3.16. The zero-order valence-electron chi connectivity index (χ0n) is 12.0. The molecule has 2 rings (SSSR count). The SMILES string of the molecule is CCc1c(-c2ccccc2)cccc1N(OC(N)=O)C(=O)O. The highest BCUT2D eigenvalue weighted by Gasteiger charge is 2.23. The standard InChI is InChI=1S/C16H16N2O4/c1-2-12-13(11-7-4-3-5-8-11)9-6-10-14(12)18(16(20)21)22-15(17)19/h3-10H,2H2,1H3,(H2,17,19)(H,20,21). The van der Waals surface area contributed by atoms with Crippen molar-refractivity contribution in [2.75, 3.05) is 5.06 Å². The second-order valence-corrected chi connectivity index (χ2v) is 4.51. The lowest BCUT2D eigenvalue weighted by Gasteiger charge is -2.21. The van der Waals surface area contributed by atoms with Gasteiger partial charge in [-0.15, -0.1) is 5.06 Å². The van der Waals surface area contributed by atoms with E-state index < -0.39 is 12.2 Å². The summed E-state index contributed by atoms with van der Waals surface area (Å²) in [6.07, 6.45) is -2.04. The smallest absolute Gasteiger partial charge is 0.445 e. The molecule has 2 aromatic rings. The Hall–Kier alpha value is -3.02. The van der Waals surface area contributed by atoms with Crippen molar-refractivity contribution in [1.29, 1.82) is 0 Å². The number of carbonyl (C=O) groups excluding carboxylic acids is 1. The highest BCUT2D eigenvalue weighted by Crippen LogP contribution is 2.32. The molecule has 22 heavy (non-hydrogen) atoms. The van der Waals surface area contributed by atoms with Gasteiger partial charge < -0.3 is 15.7 Å². The zero-order valence-corrected chi connectivity index (χ0v) is 12.0. The molecule has 0 atom stereocenters. The summed E-state index contributed by atoms with van der Waals surface area (Å²) in [7, 11) is 0. The van der Waals surface area contributed by atoms with Gasteiger partial charge in [-0.05, 0) is 29.2 Å². The second-order valence-electron chi connectivity index (χ2n) is 4.51. The fraction of sp³-hybridized carbons (Fsp3) is 0.125. The summed E-state index contributed by atoms with van der Waals surface area (Å²) in [6, 6.07) is 14.7. The number of anilines is 1. The quantitative estimate of drug-likeness (QED) is 0.849. The molecule has 0 saturated heterocycles. The van der Waals surface area contributed by atoms with Crippen LogP contribution >= 0.6 is 0 Å². The van der Waals surface area contributed by atoms with Crippen LogP contribution in [0.5, 0.6) is 0 Å². The molecule has 0 bridgehead atoms. The van der Waals surface area contributed by atoms with Gasteiger partial charge in [0.25, 0.3) is 0 Å². The van der Waals surface area contributed by atoms with Gasteiger partial charge >= 0.3 is 12.2 Å². The van der Waals surface area contributed by atoms with Crippen LogP contribution in [-0.2, 0) is 11.3 Å². The molecule has 6 nitrogen and oxygen atoms in total. The molecule has 2 aromatic carbocycles. The first-order valence-electron chi connectivity index (χ1n) is 6.72. The van der Waals surface area contributed by atoms with Gasteiger partial charge in [-0.2, -0.15) is 0 Å². The van der Waals surface area contributed by atoms with Crippen molar-refractivity contribution in [3.8, 4) is 11.1 Å². The van der Waals surface area contributed by atoms with E-state index in [1.165, 1.54) is 0 Å². The van der Waals surface area contributed by atoms with Crippen LogP contribution in [0, 0.1) is 0 Å². The lowest BCUT2D eigenvalue weighted by molar-refractivity contribution is 0.124. The van der Waals surface area contributed by atoms with Crippen molar-refractivity contribution < 1.29 is 19.5 Å². The van der Waals surface area contributed by atoms with Gasteiger partial charge in [-0.25, -0.2) is 9.59 Å². The Morgan fingerprint density at radius 1 is 1.14 bits per heavy atom. The van der Waals surface area contributed by atoms with E-state index in [2.05, 4.69) is 4.84 Å². The largest absolute Gasteiger partial charge is 0.463 e. The molecule has 0 radical (unpaired) electrons. The normalized spacial score (nSPS) is 10.0. The van der Waals surface area contributed by atoms with E-state index in [1.807, 2.05) is 43.3 Å². The summed E-state index contributed by atoms with van der Waals surface area (Å²) in [5.74, 6) is 0. The van der Waals surface area contributed by atoms with E-state index in [0.717, 1.165) is 16.7 Å². The molecule has 0 spiro atoms. The third kappa shape index (κ3) is 3.17. The van der Waals surface area contributed by atoms with Crippen molar-refractivity contribution in [2.45, 2.75) is 13.3 Å². The summed E-state index contributed by atoms with van der Waals surface area (Å²) in [6.45, 7) is 1.90. The molecule has 0 aliphatic carbocycles. The average molecular weight is 300 g/mol. The van der Waals surface area contributed by atoms with Gasteiger partial charge in [0.05, 0.1) is 5.69 Å². The van der Waals surface area contributed by atoms with Gasteiger partial charge in [0, 0.05) is 0 Å². The highest BCUT2D eigenvalue weighted by atomic mass is 16.7. The number of carbonyl (C=O) groups is 2. The summed E-state index contributed by atoms with van der Waals surface area (Å²) in [5, 5.41) is 9.74. The first kappa shape index (κ1) is 15.4. The van der Waals surface area contributed by atoms with Crippen LogP contribution in [0.15, 0.2) is 48.5 Å². The van der Waals surface area contributed by atoms with Crippen LogP contribution in [0.3, 0.4) is 0 Å². The van der Waals surface area contributed by atoms with Crippen LogP contribution in [0.1, 0.15) is 12.5 Å². The van der Waals surface area contributed by atoms with Crippen LogP contribution in [0.4, 0.5) is 15.3 Å². The van der Waals surface area contributed by atoms with Gasteiger partial charge in [0.15, 0.2) is 0 Å². The number of hydroxylamine groups is 1. The Labute approximate surface area is 127 Å². The van der Waals surface area contributed by atoms with Gasteiger partial charge in [-0.3, -0.25) is 0 Å². The van der Waals surface area contributed by atoms with Crippen LogP contribution in [0.2, 0.25) is 0 Å². The van der Waals surface area contributed by atoms with Crippen LogP contribution in [0.25, 0.3) is 11.1 Å². The topological polar surface area (TPSA) is 92.9 Å². The number of nitrogens with zero attached hydrogens (tertiary/aromatic N) is 1. The minimum absolute atomic E-state index is 0.273. The van der Waals surface area contributed by atoms with Gasteiger partial charge in [0.2, 0.25) is 0 Å². The molecule has 114 valence electrons. The minimum Gasteiger partial charge on any atom is -0.463 e. The number of benzene rings is 2. The van der Waals surface area contributed by atoms with E-state index in [1.54, 1.807) is 12.1 Å². The fourth-order valence-electron chi connectivity index (χ4n) is 2.31. The van der Waals surface area contributed by atoms with Crippen LogP contribution in [-0.4, -0.2) is 17.3 Å². The summed E-state index contributed by atoms with van der Waals surface area (Å²) in [4.78, 5) is 26.9. The molecule has 0 fully saturated rings. The highest BCUT2D eigenvalue weighted by molar-refractivity contribution is 5.89. The first-order chi connectivity index (χ1) is 10.5. The minimum atomic E-state index is -1.42. The fourth-order valence-corrected chi connectivity index (χ4v) is 2.31. The summed E-state index contributed by atoms with van der Waals surface area (Å²) in [5.41, 5.74) is 7.79. The lowest BCUT2D eigenvalue weighted by Crippen LogP contribution is -2.35. The maximum atomic E-state index is 11.3. The molecule has 0 saturated carbocycles. The Bertz CT molecular complexity index is 686. The number of primary amides is 1. The van der Waals surface area contributed by atoms with E-state index in [9.17, 15) is 14.7 Å². The Balaban J connectivity index is 2.57. The van der Waals surface area contributed by atoms with Crippen molar-refractivity contribution in [2.24, 2.45) is 5.73 Å². The van der Waals surface area contributed by atoms with E-state index in [0.29, 0.717) is 11.5 Å². The number of rotatable bonds is 3. The molecule has 3 N–H and O–H groups in total. The number of amides is 2. The number of nitrogens with two attached hydrogens (primary N) is 1. The number of carboxylic acid groups (broad SMARTS) is 1. The summed E-state index contributed by atoms with van der Waals surface area (Å²) >= 11 is 0. The Morgan fingerprint density at radius 2 is 1.82 bits per heavy atom. The monoisotopic (exact) mass is 300 g/mol. The zero-order chi connectivity index (χ0) is 16.1. The number of hydrogen-bond acceptors (Lipinski definition) is 3. The Morgan fingerprint density at radius 3 is 2.36 bits per heavy atom. The first-order valence-corrected chi connectivity index (χ1v) is 6.72. The average Bonchev–Trinajstić information content (AvgIpc) is 2.52. The second kappa shape index (κ2) is 6.62. The maximum Gasteiger partial charge on any atom is 0.445 e. The van der Waals surface area contributed by atoms with Crippen molar-refractivity contribution in [3.05, 3.63) is 54.1 Å². The lowest BCUT2D eigenvalue weighted by atomic mass is 9.96. The van der Waals surface area contributed by atoms with Gasteiger partial charge in [0.1, 0.15) is 0 Å². The molecular formula is C16H16N2O4. The molecule has 0 unspecified atom stereocenters. The predicted molar refractivity (Wildman–Crippen MR) is 82.4 cm³/mol. The molecule has 0 aliphatic rings. The third-order valence-electron chi connectivity index (χ3n) is 3.16. The Kier molecular flexibility index (Phi) is 4.63.